The number of nitrogens with one attached hydrogen (secondary N) is 2. The molecule has 0 unspecified atom stereocenters. The van der Waals surface area contributed by atoms with E-state index in [2.05, 4.69) is 32.2 Å². The Balaban J connectivity index is 1.97. The van der Waals surface area contributed by atoms with Crippen molar-refractivity contribution in [3.8, 4) is 0 Å². The predicted octanol–water partition coefficient (Wildman–Crippen LogP) is 2.04. The van der Waals surface area contributed by atoms with Gasteiger partial charge in [-0.1, -0.05) is 24.3 Å². The van der Waals surface area contributed by atoms with E-state index in [9.17, 15) is 4.79 Å². The van der Waals surface area contributed by atoms with E-state index in [-0.39, 0.29) is 11.9 Å². The van der Waals surface area contributed by atoms with Crippen molar-refractivity contribution in [2.24, 2.45) is 0 Å². The van der Waals surface area contributed by atoms with Crippen LogP contribution in [0.4, 0.5) is 17.6 Å². The van der Waals surface area contributed by atoms with Crippen LogP contribution in [-0.2, 0) is 10.5 Å². The lowest BCUT2D eigenvalue weighted by Crippen LogP contribution is -2.25. The summed E-state index contributed by atoms with van der Waals surface area (Å²) < 4.78 is 0. The van der Waals surface area contributed by atoms with Crippen LogP contribution in [0, 0.1) is 6.92 Å². The molecule has 0 saturated carbocycles. The van der Waals surface area contributed by atoms with Crippen LogP contribution in [0.25, 0.3) is 0 Å². The Morgan fingerprint density at radius 1 is 1.33 bits per heavy atom. The van der Waals surface area contributed by atoms with E-state index in [1.165, 1.54) is 11.8 Å². The zero-order chi connectivity index (χ0) is 17.4. The number of benzene rings is 1. The molecule has 0 aliphatic carbocycles. The first-order valence-electron chi connectivity index (χ1n) is 7.37. The number of amides is 1. The van der Waals surface area contributed by atoms with Gasteiger partial charge in [0.1, 0.15) is 5.82 Å². The van der Waals surface area contributed by atoms with Gasteiger partial charge >= 0.3 is 0 Å². The second kappa shape index (κ2) is 8.88. The Morgan fingerprint density at radius 2 is 2.12 bits per heavy atom. The van der Waals surface area contributed by atoms with Gasteiger partial charge in [-0.2, -0.15) is 15.0 Å². The molecule has 1 heterocycles. The van der Waals surface area contributed by atoms with Crippen molar-refractivity contribution in [2.75, 3.05) is 23.3 Å². The quantitative estimate of drug-likeness (QED) is 0.629. The number of nitrogens with zero attached hydrogens (tertiary/aromatic N) is 3. The highest BCUT2D eigenvalue weighted by Gasteiger charge is 2.07. The number of hydrogen-bond donors (Lipinski definition) is 3. The zero-order valence-electron chi connectivity index (χ0n) is 13.5. The molecule has 0 saturated heterocycles. The molecule has 4 N–H and O–H groups in total. The maximum Gasteiger partial charge on any atom is 0.232 e. The van der Waals surface area contributed by atoms with Gasteiger partial charge in [0.05, 0.1) is 11.5 Å². The first-order valence-corrected chi connectivity index (χ1v) is 8.52. The van der Waals surface area contributed by atoms with E-state index in [1.807, 2.05) is 31.2 Å². The average molecular weight is 344 g/mol. The first-order chi connectivity index (χ1) is 11.6. The predicted molar refractivity (Wildman–Crippen MR) is 98.1 cm³/mol. The third kappa shape index (κ3) is 5.54. The molecular formula is C16H20N6OS. The number of carbonyl (C=O) groups is 1. The van der Waals surface area contributed by atoms with Gasteiger partial charge in [0.15, 0.2) is 0 Å². The average Bonchev–Trinajstić information content (AvgIpc) is 2.54. The van der Waals surface area contributed by atoms with Crippen molar-refractivity contribution < 1.29 is 4.79 Å². The van der Waals surface area contributed by atoms with Gasteiger partial charge in [0, 0.05) is 12.2 Å². The lowest BCUT2D eigenvalue weighted by atomic mass is 10.2. The van der Waals surface area contributed by atoms with E-state index in [0.29, 0.717) is 29.8 Å². The Bertz CT molecular complexity index is 721. The molecule has 0 bridgehead atoms. The molecule has 24 heavy (non-hydrogen) atoms. The van der Waals surface area contributed by atoms with Gasteiger partial charge in [-0.3, -0.25) is 4.79 Å². The van der Waals surface area contributed by atoms with Crippen LogP contribution >= 0.6 is 11.8 Å². The summed E-state index contributed by atoms with van der Waals surface area (Å²) in [7, 11) is 0. The molecule has 1 amide bonds. The van der Waals surface area contributed by atoms with Crippen LogP contribution in [0.3, 0.4) is 0 Å². The second-order valence-electron chi connectivity index (χ2n) is 4.96. The molecule has 8 heteroatoms. The summed E-state index contributed by atoms with van der Waals surface area (Å²) in [5, 5.41) is 5.85. The van der Waals surface area contributed by atoms with Crippen molar-refractivity contribution in [1.82, 2.24) is 20.3 Å². The summed E-state index contributed by atoms with van der Waals surface area (Å²) >= 11 is 1.41. The molecule has 0 aliphatic heterocycles. The minimum absolute atomic E-state index is 0.0554. The maximum absolute atomic E-state index is 11.5. The van der Waals surface area contributed by atoms with Crippen molar-refractivity contribution in [3.63, 3.8) is 0 Å². The van der Waals surface area contributed by atoms with Gasteiger partial charge in [0.25, 0.3) is 0 Å². The van der Waals surface area contributed by atoms with Crippen LogP contribution in [0.2, 0.25) is 0 Å². The van der Waals surface area contributed by atoms with Gasteiger partial charge < -0.3 is 16.4 Å². The number of rotatable bonds is 8. The van der Waals surface area contributed by atoms with Crippen LogP contribution in [0.5, 0.6) is 0 Å². The minimum Gasteiger partial charge on any atom is -0.368 e. The summed E-state index contributed by atoms with van der Waals surface area (Å²) in [6.45, 7) is 6.00. The molecule has 1 aromatic carbocycles. The maximum atomic E-state index is 11.5. The van der Waals surface area contributed by atoms with E-state index in [0.717, 1.165) is 11.3 Å². The third-order valence-electron chi connectivity index (χ3n) is 3.00. The number of thioether (sulfide) groups is 1. The minimum atomic E-state index is -0.0554. The molecule has 126 valence electrons. The molecule has 0 radical (unpaired) electrons. The molecule has 7 nitrogen and oxygen atoms in total. The summed E-state index contributed by atoms with van der Waals surface area (Å²) in [6, 6.07) is 7.82. The second-order valence-corrected chi connectivity index (χ2v) is 5.94. The first kappa shape index (κ1) is 17.7. The van der Waals surface area contributed by atoms with Crippen LogP contribution < -0.4 is 16.4 Å². The Kier molecular flexibility index (Phi) is 6.56. The number of nitrogens with two attached hydrogens (primary N) is 1. The fraction of sp³-hybridized carbons (Fsp3) is 0.250. The van der Waals surface area contributed by atoms with E-state index < -0.39 is 0 Å². The fourth-order valence-electron chi connectivity index (χ4n) is 1.86. The van der Waals surface area contributed by atoms with E-state index in [1.54, 1.807) is 6.08 Å². The molecular weight excluding hydrogens is 324 g/mol. The summed E-state index contributed by atoms with van der Waals surface area (Å²) in [4.78, 5) is 24.1. The third-order valence-corrected chi connectivity index (χ3v) is 3.93. The Morgan fingerprint density at radius 3 is 2.88 bits per heavy atom. The Hall–Kier alpha value is -2.61. The number of carbonyl (C=O) groups excluding carboxylic acids is 1. The standard InChI is InChI=1S/C16H20N6OS/c1-3-8-18-14(23)10-24-9-13-20-15(17)22-16(21-13)19-12-7-5-4-6-11(12)2/h3-7H,1,8-10H2,2H3,(H,18,23)(H3,17,19,20,21,22). The van der Waals surface area contributed by atoms with Crippen LogP contribution in [0.15, 0.2) is 36.9 Å². The monoisotopic (exact) mass is 344 g/mol. The van der Waals surface area contributed by atoms with E-state index >= 15 is 0 Å². The van der Waals surface area contributed by atoms with Crippen LogP contribution in [-0.4, -0.2) is 33.2 Å². The summed E-state index contributed by atoms with van der Waals surface area (Å²) in [6.07, 6.45) is 1.64. The van der Waals surface area contributed by atoms with Crippen molar-refractivity contribution in [3.05, 3.63) is 48.3 Å². The van der Waals surface area contributed by atoms with Gasteiger partial charge in [0.2, 0.25) is 17.8 Å². The molecule has 2 aromatic rings. The molecule has 2 rings (SSSR count). The highest BCUT2D eigenvalue weighted by Crippen LogP contribution is 2.18. The smallest absolute Gasteiger partial charge is 0.232 e. The number of nitrogen functional groups attached to an aromatic ring is 1. The summed E-state index contributed by atoms with van der Waals surface area (Å²) in [5.41, 5.74) is 7.73. The summed E-state index contributed by atoms with van der Waals surface area (Å²) in [5.74, 6) is 1.80. The fourth-order valence-corrected chi connectivity index (χ4v) is 2.57. The van der Waals surface area contributed by atoms with Crippen molar-refractivity contribution in [2.45, 2.75) is 12.7 Å². The number of hydrogen-bond acceptors (Lipinski definition) is 7. The topological polar surface area (TPSA) is 106 Å². The normalized spacial score (nSPS) is 10.2. The number of para-hydroxylation sites is 1. The molecule has 0 aliphatic rings. The number of aryl methyl sites for hydroxylation is 1. The largest absolute Gasteiger partial charge is 0.368 e. The van der Waals surface area contributed by atoms with E-state index in [4.69, 9.17) is 5.73 Å². The highest BCUT2D eigenvalue weighted by molar-refractivity contribution is 7.99. The molecule has 0 fully saturated rings. The number of anilines is 3. The lowest BCUT2D eigenvalue weighted by molar-refractivity contribution is -0.118. The molecule has 0 spiro atoms. The van der Waals surface area contributed by atoms with Crippen molar-refractivity contribution >= 4 is 35.3 Å². The molecule has 1 aromatic heterocycles. The SMILES string of the molecule is C=CCNC(=O)CSCc1nc(N)nc(Nc2ccccc2C)n1. The van der Waals surface area contributed by atoms with Crippen molar-refractivity contribution in [1.29, 1.82) is 0 Å². The number of aromatic nitrogens is 3. The van der Waals surface area contributed by atoms with Crippen LogP contribution in [0.1, 0.15) is 11.4 Å². The zero-order valence-corrected chi connectivity index (χ0v) is 14.3. The highest BCUT2D eigenvalue weighted by atomic mass is 32.2. The van der Waals surface area contributed by atoms with Gasteiger partial charge in [-0.25, -0.2) is 0 Å². The molecule has 0 atom stereocenters. The Labute approximate surface area is 145 Å². The van der Waals surface area contributed by atoms with Gasteiger partial charge in [-0.05, 0) is 18.6 Å². The van der Waals surface area contributed by atoms with Gasteiger partial charge in [-0.15, -0.1) is 18.3 Å². The lowest BCUT2D eigenvalue weighted by Gasteiger charge is -2.09.